The first-order valence-electron chi connectivity index (χ1n) is 6.65. The molecule has 0 amide bonds. The van der Waals surface area contributed by atoms with E-state index in [-0.39, 0.29) is 0 Å². The predicted octanol–water partition coefficient (Wildman–Crippen LogP) is 6.47. The van der Waals surface area contributed by atoms with E-state index >= 15 is 0 Å². The van der Waals surface area contributed by atoms with Gasteiger partial charge in [-0.25, -0.2) is 0 Å². The standard InChI is InChI=1S/C15H16BrF3OSSi/c1-22(2,3)20-14(13-8-12(16)9-21-13)10-5-4-6-11(7-10)15(17,18)19/h4-9,14H,1-3H3. The average molecular weight is 409 g/mol. The number of thiophene rings is 1. The molecule has 2 rings (SSSR count). The molecular formula is C15H16BrF3OSSi. The molecule has 1 atom stereocenters. The fourth-order valence-corrected chi connectivity index (χ4v) is 4.54. The molecule has 0 aliphatic rings. The Morgan fingerprint density at radius 3 is 2.36 bits per heavy atom. The van der Waals surface area contributed by atoms with Gasteiger partial charge in [0.1, 0.15) is 6.10 Å². The molecule has 0 radical (unpaired) electrons. The summed E-state index contributed by atoms with van der Waals surface area (Å²) in [6.45, 7) is 6.07. The fourth-order valence-electron chi connectivity index (χ4n) is 1.99. The molecule has 2 aromatic rings. The molecule has 0 aliphatic carbocycles. The molecule has 0 N–H and O–H groups in total. The SMILES string of the molecule is C[Si](C)(C)OC(c1cccc(C(F)(F)F)c1)c1cc(Br)cs1. The highest BCUT2D eigenvalue weighted by Gasteiger charge is 2.32. The van der Waals surface area contributed by atoms with E-state index in [2.05, 4.69) is 15.9 Å². The van der Waals surface area contributed by atoms with Crippen LogP contribution < -0.4 is 0 Å². The first-order chi connectivity index (χ1) is 10.1. The summed E-state index contributed by atoms with van der Waals surface area (Å²) >= 11 is 4.86. The van der Waals surface area contributed by atoms with Gasteiger partial charge in [0.2, 0.25) is 0 Å². The van der Waals surface area contributed by atoms with Crippen LogP contribution in [-0.2, 0) is 10.6 Å². The maximum atomic E-state index is 12.9. The summed E-state index contributed by atoms with van der Waals surface area (Å²) in [4.78, 5) is 0.897. The third kappa shape index (κ3) is 4.68. The molecule has 1 aromatic carbocycles. The Labute approximate surface area is 141 Å². The molecular weight excluding hydrogens is 393 g/mol. The molecule has 0 aliphatic heterocycles. The van der Waals surface area contributed by atoms with E-state index in [1.165, 1.54) is 23.5 Å². The topological polar surface area (TPSA) is 9.23 Å². The number of hydrogen-bond acceptors (Lipinski definition) is 2. The van der Waals surface area contributed by atoms with E-state index in [0.717, 1.165) is 15.4 Å². The van der Waals surface area contributed by atoms with E-state index < -0.39 is 26.2 Å². The smallest absolute Gasteiger partial charge is 0.406 e. The monoisotopic (exact) mass is 408 g/mol. The van der Waals surface area contributed by atoms with Gasteiger partial charge in [-0.2, -0.15) is 13.2 Å². The van der Waals surface area contributed by atoms with Gasteiger partial charge in [0, 0.05) is 14.7 Å². The van der Waals surface area contributed by atoms with Gasteiger partial charge in [-0.3, -0.25) is 0 Å². The molecule has 1 nitrogen and oxygen atoms in total. The van der Waals surface area contributed by atoms with Crippen molar-refractivity contribution in [3.8, 4) is 0 Å². The molecule has 120 valence electrons. The van der Waals surface area contributed by atoms with Crippen molar-refractivity contribution in [1.82, 2.24) is 0 Å². The lowest BCUT2D eigenvalue weighted by molar-refractivity contribution is -0.137. The highest BCUT2D eigenvalue weighted by molar-refractivity contribution is 9.10. The second-order valence-corrected chi connectivity index (χ2v) is 12.2. The van der Waals surface area contributed by atoms with Crippen molar-refractivity contribution in [2.45, 2.75) is 31.9 Å². The maximum absolute atomic E-state index is 12.9. The molecule has 0 fully saturated rings. The first kappa shape index (κ1) is 17.7. The van der Waals surface area contributed by atoms with E-state index in [1.807, 2.05) is 31.1 Å². The lowest BCUT2D eigenvalue weighted by atomic mass is 10.0. The van der Waals surface area contributed by atoms with Crippen LogP contribution in [-0.4, -0.2) is 8.32 Å². The molecule has 1 aromatic heterocycles. The van der Waals surface area contributed by atoms with Crippen LogP contribution in [0.3, 0.4) is 0 Å². The van der Waals surface area contributed by atoms with Gasteiger partial charge in [0.05, 0.1) is 5.56 Å². The normalized spacial score (nSPS) is 14.1. The molecule has 22 heavy (non-hydrogen) atoms. The Bertz CT molecular complexity index is 649. The van der Waals surface area contributed by atoms with Crippen molar-refractivity contribution in [1.29, 1.82) is 0 Å². The minimum absolute atomic E-state index is 0.467. The van der Waals surface area contributed by atoms with Crippen LogP contribution in [0, 0.1) is 0 Å². The summed E-state index contributed by atoms with van der Waals surface area (Å²) in [5.74, 6) is 0. The van der Waals surface area contributed by atoms with Gasteiger partial charge in [0.15, 0.2) is 8.32 Å². The van der Waals surface area contributed by atoms with Crippen molar-refractivity contribution in [3.05, 3.63) is 56.2 Å². The Balaban J connectivity index is 2.45. The Kier molecular flexibility index (Phi) is 5.21. The summed E-state index contributed by atoms with van der Waals surface area (Å²) in [6, 6.07) is 7.28. The Hall–Kier alpha value is -0.633. The fraction of sp³-hybridized carbons (Fsp3) is 0.333. The summed E-state index contributed by atoms with van der Waals surface area (Å²) in [5, 5.41) is 1.91. The second-order valence-electron chi connectivity index (χ2n) is 5.90. The highest BCUT2D eigenvalue weighted by Crippen LogP contribution is 2.37. The van der Waals surface area contributed by atoms with Crippen LogP contribution in [0.25, 0.3) is 0 Å². The van der Waals surface area contributed by atoms with Crippen molar-refractivity contribution in [3.63, 3.8) is 0 Å². The van der Waals surface area contributed by atoms with Crippen molar-refractivity contribution in [2.75, 3.05) is 0 Å². The maximum Gasteiger partial charge on any atom is 0.416 e. The van der Waals surface area contributed by atoms with Crippen LogP contribution in [0.1, 0.15) is 22.1 Å². The zero-order chi connectivity index (χ0) is 16.5. The summed E-state index contributed by atoms with van der Waals surface area (Å²) < 4.78 is 45.9. The third-order valence-electron chi connectivity index (χ3n) is 2.83. The van der Waals surface area contributed by atoms with E-state index in [9.17, 15) is 13.2 Å². The number of hydrogen-bond donors (Lipinski definition) is 0. The third-order valence-corrected chi connectivity index (χ3v) is 5.51. The first-order valence-corrected chi connectivity index (χ1v) is 11.7. The van der Waals surface area contributed by atoms with Crippen molar-refractivity contribution < 1.29 is 17.6 Å². The summed E-state index contributed by atoms with van der Waals surface area (Å²) in [7, 11) is -1.93. The summed E-state index contributed by atoms with van der Waals surface area (Å²) in [6.07, 6.45) is -4.82. The number of halogens is 4. The van der Waals surface area contributed by atoms with Gasteiger partial charge < -0.3 is 4.43 Å². The molecule has 0 bridgehead atoms. The largest absolute Gasteiger partial charge is 0.416 e. The summed E-state index contributed by atoms with van der Waals surface area (Å²) in [5.41, 5.74) is -0.114. The van der Waals surface area contributed by atoms with Crippen molar-refractivity contribution in [2.24, 2.45) is 0 Å². The number of benzene rings is 1. The van der Waals surface area contributed by atoms with Crippen LogP contribution in [0.5, 0.6) is 0 Å². The molecule has 7 heteroatoms. The number of rotatable bonds is 4. The second kappa shape index (κ2) is 6.47. The predicted molar refractivity (Wildman–Crippen MR) is 89.7 cm³/mol. The zero-order valence-electron chi connectivity index (χ0n) is 12.4. The van der Waals surface area contributed by atoms with E-state index in [0.29, 0.717) is 5.56 Å². The van der Waals surface area contributed by atoms with Crippen LogP contribution >= 0.6 is 27.3 Å². The van der Waals surface area contributed by atoms with Crippen molar-refractivity contribution >= 4 is 35.6 Å². The van der Waals surface area contributed by atoms with Crippen LogP contribution in [0.15, 0.2) is 40.2 Å². The van der Waals surface area contributed by atoms with Crippen LogP contribution in [0.2, 0.25) is 19.6 Å². The molecule has 1 heterocycles. The highest BCUT2D eigenvalue weighted by atomic mass is 79.9. The van der Waals surface area contributed by atoms with E-state index in [4.69, 9.17) is 4.43 Å². The average Bonchev–Trinajstić information content (AvgIpc) is 2.81. The minimum atomic E-state index is -4.35. The van der Waals surface area contributed by atoms with Gasteiger partial charge >= 0.3 is 6.18 Å². The zero-order valence-corrected chi connectivity index (χ0v) is 15.8. The molecule has 0 saturated carbocycles. The quantitative estimate of drug-likeness (QED) is 0.526. The van der Waals surface area contributed by atoms with E-state index in [1.54, 1.807) is 6.07 Å². The molecule has 1 unspecified atom stereocenters. The number of alkyl halides is 3. The minimum Gasteiger partial charge on any atom is -0.406 e. The Morgan fingerprint density at radius 2 is 1.86 bits per heavy atom. The molecule has 0 saturated heterocycles. The van der Waals surface area contributed by atoms with Gasteiger partial charge in [0.25, 0.3) is 0 Å². The lowest BCUT2D eigenvalue weighted by Crippen LogP contribution is -2.28. The van der Waals surface area contributed by atoms with Gasteiger partial charge in [-0.1, -0.05) is 12.1 Å². The Morgan fingerprint density at radius 1 is 1.18 bits per heavy atom. The van der Waals surface area contributed by atoms with Gasteiger partial charge in [-0.05, 0) is 59.3 Å². The lowest BCUT2D eigenvalue weighted by Gasteiger charge is -2.26. The van der Waals surface area contributed by atoms with Gasteiger partial charge in [-0.15, -0.1) is 11.3 Å². The van der Waals surface area contributed by atoms with Crippen LogP contribution in [0.4, 0.5) is 13.2 Å². The molecule has 0 spiro atoms.